The highest BCUT2D eigenvalue weighted by atomic mass is 16.5. The van der Waals surface area contributed by atoms with Crippen LogP contribution in [0.25, 0.3) is 0 Å². The molecule has 1 aromatic carbocycles. The van der Waals surface area contributed by atoms with Gasteiger partial charge in [-0.25, -0.2) is 0 Å². The molecule has 4 fully saturated rings. The third-order valence-corrected chi connectivity index (χ3v) is 5.80. The van der Waals surface area contributed by atoms with Crippen LogP contribution in [0.5, 0.6) is 0 Å². The van der Waals surface area contributed by atoms with Crippen molar-refractivity contribution in [2.75, 3.05) is 7.11 Å². The summed E-state index contributed by atoms with van der Waals surface area (Å²) >= 11 is 0. The minimum Gasteiger partial charge on any atom is -0.468 e. The molecule has 23 heavy (non-hydrogen) atoms. The quantitative estimate of drug-likeness (QED) is 0.688. The first-order valence-electron chi connectivity index (χ1n) is 9.01. The topological polar surface area (TPSA) is 52.3 Å². The SMILES string of the molecule is C1B2CC3CC1CC(C2)C3.COC(=O)[C@@H](N)Cc1ccccc1. The summed E-state index contributed by atoms with van der Waals surface area (Å²) in [7, 11) is 1.34. The van der Waals surface area contributed by atoms with E-state index in [-0.39, 0.29) is 5.97 Å². The van der Waals surface area contributed by atoms with Crippen molar-refractivity contribution >= 4 is 12.7 Å². The van der Waals surface area contributed by atoms with E-state index in [2.05, 4.69) is 4.74 Å². The summed E-state index contributed by atoms with van der Waals surface area (Å²) in [5.41, 5.74) is 6.63. The van der Waals surface area contributed by atoms with Crippen molar-refractivity contribution in [3.05, 3.63) is 35.9 Å². The average Bonchev–Trinajstić information content (AvgIpc) is 2.54. The zero-order valence-electron chi connectivity index (χ0n) is 14.1. The van der Waals surface area contributed by atoms with Crippen LogP contribution in [0.2, 0.25) is 19.0 Å². The minimum absolute atomic E-state index is 0.371. The van der Waals surface area contributed by atoms with Gasteiger partial charge in [-0.05, 0) is 49.0 Å². The molecule has 4 bridgehead atoms. The summed E-state index contributed by atoms with van der Waals surface area (Å²) in [4.78, 5) is 11.0. The molecule has 3 aliphatic heterocycles. The third kappa shape index (κ3) is 4.38. The van der Waals surface area contributed by atoms with E-state index >= 15 is 0 Å². The Morgan fingerprint density at radius 3 is 2.09 bits per heavy atom. The molecule has 0 aromatic heterocycles. The first-order chi connectivity index (χ1) is 11.1. The zero-order chi connectivity index (χ0) is 16.2. The lowest BCUT2D eigenvalue weighted by Crippen LogP contribution is -2.42. The maximum absolute atomic E-state index is 11.0. The highest BCUT2D eigenvalue weighted by Gasteiger charge is 2.43. The number of ether oxygens (including phenoxy) is 1. The van der Waals surface area contributed by atoms with Crippen LogP contribution in [-0.2, 0) is 16.0 Å². The average molecular weight is 313 g/mol. The van der Waals surface area contributed by atoms with Crippen LogP contribution in [-0.4, -0.2) is 25.8 Å². The Balaban J connectivity index is 0.000000139. The number of hydrogen-bond acceptors (Lipinski definition) is 3. The van der Waals surface area contributed by atoms with Gasteiger partial charge in [-0.3, -0.25) is 4.79 Å². The lowest BCUT2D eigenvalue weighted by atomic mass is 9.28. The van der Waals surface area contributed by atoms with Gasteiger partial charge in [0.05, 0.1) is 7.11 Å². The smallest absolute Gasteiger partial charge is 0.322 e. The summed E-state index contributed by atoms with van der Waals surface area (Å²) in [5.74, 6) is 3.16. The number of carbonyl (C=O) groups excluding carboxylic acids is 1. The van der Waals surface area contributed by atoms with Crippen LogP contribution < -0.4 is 5.73 Å². The molecule has 0 spiro atoms. The second-order valence-corrected chi connectivity index (χ2v) is 7.70. The molecular weight excluding hydrogens is 285 g/mol. The Morgan fingerprint density at radius 2 is 1.65 bits per heavy atom. The lowest BCUT2D eigenvalue weighted by molar-refractivity contribution is -0.142. The molecule has 5 rings (SSSR count). The van der Waals surface area contributed by atoms with E-state index in [0.717, 1.165) is 5.56 Å². The molecule has 2 N–H and O–H groups in total. The fourth-order valence-corrected chi connectivity index (χ4v) is 5.09. The van der Waals surface area contributed by atoms with E-state index in [1.807, 2.05) is 30.3 Å². The molecular formula is C19H28BNO2. The number of hydrogen-bond donors (Lipinski definition) is 1. The van der Waals surface area contributed by atoms with Gasteiger partial charge in [-0.2, -0.15) is 0 Å². The number of nitrogens with two attached hydrogens (primary N) is 1. The molecule has 1 aliphatic carbocycles. The van der Waals surface area contributed by atoms with E-state index in [9.17, 15) is 4.79 Å². The number of benzene rings is 1. The number of carbonyl (C=O) groups is 1. The molecule has 1 saturated carbocycles. The predicted octanol–water partition coefficient (Wildman–Crippen LogP) is 3.27. The number of esters is 1. The van der Waals surface area contributed by atoms with Crippen molar-refractivity contribution < 1.29 is 9.53 Å². The normalized spacial score (nSPS) is 28.8. The van der Waals surface area contributed by atoms with Crippen molar-refractivity contribution in [3.63, 3.8) is 0 Å². The van der Waals surface area contributed by atoms with E-state index in [1.165, 1.54) is 31.6 Å². The number of methoxy groups -OCH3 is 1. The molecule has 3 nitrogen and oxygen atoms in total. The fourth-order valence-electron chi connectivity index (χ4n) is 5.09. The van der Waals surface area contributed by atoms with Crippen molar-refractivity contribution in [1.82, 2.24) is 0 Å². The Labute approximate surface area is 140 Å². The Hall–Kier alpha value is -1.29. The van der Waals surface area contributed by atoms with E-state index < -0.39 is 6.04 Å². The van der Waals surface area contributed by atoms with Gasteiger partial charge < -0.3 is 10.5 Å². The van der Waals surface area contributed by atoms with Gasteiger partial charge in [0.15, 0.2) is 0 Å². The summed E-state index contributed by atoms with van der Waals surface area (Å²) in [5, 5.41) is 0. The van der Waals surface area contributed by atoms with Gasteiger partial charge in [0, 0.05) is 0 Å². The predicted molar refractivity (Wildman–Crippen MR) is 94.6 cm³/mol. The van der Waals surface area contributed by atoms with Crippen LogP contribution in [0, 0.1) is 17.8 Å². The standard InChI is InChI=1S/C10H13NO2.C9H15B/c1-13-10(12)9(11)7-8-5-3-2-4-6-8;1-7-2-9-3-8(1)5-10(4-7)6-9/h2-6,9H,7,11H2,1H3;7-9H,1-6H2/t9-;/m0./s1. The van der Waals surface area contributed by atoms with Crippen molar-refractivity contribution in [2.24, 2.45) is 23.5 Å². The first kappa shape index (κ1) is 16.6. The molecule has 1 aromatic rings. The molecule has 4 aliphatic rings. The minimum atomic E-state index is -0.563. The zero-order valence-corrected chi connectivity index (χ0v) is 14.1. The second-order valence-electron chi connectivity index (χ2n) is 7.70. The van der Waals surface area contributed by atoms with Crippen LogP contribution in [0.4, 0.5) is 0 Å². The molecule has 124 valence electrons. The monoisotopic (exact) mass is 313 g/mol. The lowest BCUT2D eigenvalue weighted by Gasteiger charge is -2.48. The van der Waals surface area contributed by atoms with E-state index in [1.54, 1.807) is 38.2 Å². The van der Waals surface area contributed by atoms with Crippen LogP contribution in [0.1, 0.15) is 24.8 Å². The molecule has 0 radical (unpaired) electrons. The first-order valence-corrected chi connectivity index (χ1v) is 9.01. The highest BCUT2D eigenvalue weighted by molar-refractivity contribution is 6.59. The summed E-state index contributed by atoms with van der Waals surface area (Å²) in [6.07, 6.45) is 10.1. The van der Waals surface area contributed by atoms with Crippen molar-refractivity contribution in [2.45, 2.75) is 50.7 Å². The molecule has 1 atom stereocenters. The van der Waals surface area contributed by atoms with Gasteiger partial charge in [-0.15, -0.1) is 0 Å². The van der Waals surface area contributed by atoms with Crippen LogP contribution in [0.15, 0.2) is 30.3 Å². The van der Waals surface area contributed by atoms with E-state index in [0.29, 0.717) is 6.42 Å². The molecule has 4 heteroatoms. The largest absolute Gasteiger partial charge is 0.468 e. The van der Waals surface area contributed by atoms with Crippen LogP contribution >= 0.6 is 0 Å². The Kier molecular flexibility index (Phi) is 5.42. The summed E-state index contributed by atoms with van der Waals surface area (Å²) in [6.45, 7) is 1.18. The van der Waals surface area contributed by atoms with Gasteiger partial charge in [0.25, 0.3) is 0 Å². The maximum atomic E-state index is 11.0. The molecule has 0 amide bonds. The summed E-state index contributed by atoms with van der Waals surface area (Å²) in [6, 6.07) is 9.06. The molecule has 0 unspecified atom stereocenters. The molecule has 3 saturated heterocycles. The molecule has 3 heterocycles. The van der Waals surface area contributed by atoms with Gasteiger partial charge in [-0.1, -0.05) is 49.3 Å². The second kappa shape index (κ2) is 7.52. The fraction of sp³-hybridized carbons (Fsp3) is 0.632. The summed E-state index contributed by atoms with van der Waals surface area (Å²) < 4.78 is 4.52. The maximum Gasteiger partial charge on any atom is 0.322 e. The van der Waals surface area contributed by atoms with Gasteiger partial charge >= 0.3 is 5.97 Å². The Bertz CT molecular complexity index is 463. The van der Waals surface area contributed by atoms with Crippen molar-refractivity contribution in [1.29, 1.82) is 0 Å². The third-order valence-electron chi connectivity index (χ3n) is 5.80. The van der Waals surface area contributed by atoms with Gasteiger partial charge in [0.2, 0.25) is 0 Å². The van der Waals surface area contributed by atoms with E-state index in [4.69, 9.17) is 5.73 Å². The highest BCUT2D eigenvalue weighted by Crippen LogP contribution is 2.51. The Morgan fingerprint density at radius 1 is 1.13 bits per heavy atom. The van der Waals surface area contributed by atoms with Crippen LogP contribution in [0.3, 0.4) is 0 Å². The van der Waals surface area contributed by atoms with Gasteiger partial charge in [0.1, 0.15) is 12.8 Å². The number of rotatable bonds is 3. The van der Waals surface area contributed by atoms with Crippen molar-refractivity contribution in [3.8, 4) is 0 Å².